The van der Waals surface area contributed by atoms with Crippen molar-refractivity contribution >= 4 is 17.4 Å². The molecule has 1 saturated heterocycles. The molecule has 1 heterocycles. The molecule has 2 aromatic carbocycles. The van der Waals surface area contributed by atoms with Crippen LogP contribution in [0.3, 0.4) is 0 Å². The largest absolute Gasteiger partial charge is 0.507 e. The van der Waals surface area contributed by atoms with E-state index in [9.17, 15) is 14.7 Å². The zero-order valence-corrected chi connectivity index (χ0v) is 22.6. The molecule has 1 amide bonds. The third-order valence-corrected chi connectivity index (χ3v) is 6.40. The maximum atomic E-state index is 13.2. The van der Waals surface area contributed by atoms with Crippen LogP contribution in [0.5, 0.6) is 5.75 Å². The van der Waals surface area contributed by atoms with Crippen molar-refractivity contribution in [2.24, 2.45) is 5.92 Å². The Labute approximate surface area is 214 Å². The number of aliphatic hydroxyl groups excluding tert-OH is 1. The Balaban J connectivity index is 2.07. The van der Waals surface area contributed by atoms with Crippen LogP contribution in [-0.4, -0.2) is 48.6 Å². The maximum absolute atomic E-state index is 13.2. The van der Waals surface area contributed by atoms with E-state index in [1.54, 1.807) is 30.2 Å². The van der Waals surface area contributed by atoms with Crippen LogP contribution in [0.1, 0.15) is 69.3 Å². The molecule has 0 spiro atoms. The monoisotopic (exact) mass is 493 g/mol. The highest BCUT2D eigenvalue weighted by molar-refractivity contribution is 6.46. The van der Waals surface area contributed by atoms with Crippen molar-refractivity contribution in [3.8, 4) is 5.75 Å². The van der Waals surface area contributed by atoms with Gasteiger partial charge in [0.15, 0.2) is 0 Å². The standard InChI is InChI=1S/C30H39NO5/c1-19(2)18-36-24-14-11-22(17-20(24)3)27(32)25-26(21-9-12-23(13-10-21)30(4,5)6)31(15-8-16-35-7)29(34)28(25)33/h9-14,17,19,26,32H,8,15-16,18H2,1-7H3/b27-25+/t26-/m1/s1. The molecule has 0 radical (unpaired) electrons. The number of carbonyl (C=O) groups is 2. The molecule has 2 aromatic rings. The van der Waals surface area contributed by atoms with Gasteiger partial charge in [0.05, 0.1) is 18.2 Å². The van der Waals surface area contributed by atoms with Crippen LogP contribution >= 0.6 is 0 Å². The van der Waals surface area contributed by atoms with Crippen LogP contribution in [0.25, 0.3) is 5.76 Å². The molecule has 0 aromatic heterocycles. The van der Waals surface area contributed by atoms with Gasteiger partial charge >= 0.3 is 0 Å². The minimum Gasteiger partial charge on any atom is -0.507 e. The van der Waals surface area contributed by atoms with Gasteiger partial charge in [0.2, 0.25) is 0 Å². The molecule has 1 fully saturated rings. The van der Waals surface area contributed by atoms with Gasteiger partial charge in [-0.25, -0.2) is 0 Å². The summed E-state index contributed by atoms with van der Waals surface area (Å²) in [4.78, 5) is 27.9. The first-order valence-corrected chi connectivity index (χ1v) is 12.6. The van der Waals surface area contributed by atoms with Crippen LogP contribution in [-0.2, 0) is 19.7 Å². The second kappa shape index (κ2) is 11.3. The van der Waals surface area contributed by atoms with Crippen molar-refractivity contribution < 1.29 is 24.2 Å². The molecular formula is C30H39NO5. The van der Waals surface area contributed by atoms with Gasteiger partial charge in [0, 0.05) is 25.8 Å². The lowest BCUT2D eigenvalue weighted by atomic mass is 9.85. The number of rotatable bonds is 9. The highest BCUT2D eigenvalue weighted by Crippen LogP contribution is 2.40. The summed E-state index contributed by atoms with van der Waals surface area (Å²) in [6, 6.07) is 12.6. The summed E-state index contributed by atoms with van der Waals surface area (Å²) in [6.07, 6.45) is 0.584. The minimum absolute atomic E-state index is 0.0320. The third-order valence-electron chi connectivity index (χ3n) is 6.40. The second-order valence-corrected chi connectivity index (χ2v) is 10.9. The van der Waals surface area contributed by atoms with Gasteiger partial charge in [-0.1, -0.05) is 58.9 Å². The molecular weight excluding hydrogens is 454 g/mol. The normalized spacial score (nSPS) is 17.8. The van der Waals surface area contributed by atoms with Gasteiger partial charge in [-0.3, -0.25) is 9.59 Å². The van der Waals surface area contributed by atoms with Crippen molar-refractivity contribution in [1.82, 2.24) is 4.90 Å². The lowest BCUT2D eigenvalue weighted by Gasteiger charge is -2.26. The minimum atomic E-state index is -0.674. The molecule has 1 atom stereocenters. The molecule has 36 heavy (non-hydrogen) atoms. The highest BCUT2D eigenvalue weighted by Gasteiger charge is 2.45. The van der Waals surface area contributed by atoms with E-state index in [-0.39, 0.29) is 16.7 Å². The summed E-state index contributed by atoms with van der Waals surface area (Å²) in [7, 11) is 1.60. The van der Waals surface area contributed by atoms with Crippen LogP contribution < -0.4 is 4.74 Å². The van der Waals surface area contributed by atoms with Crippen LogP contribution in [0.15, 0.2) is 48.0 Å². The topological polar surface area (TPSA) is 76.1 Å². The number of hydrogen-bond donors (Lipinski definition) is 1. The van der Waals surface area contributed by atoms with E-state index in [1.807, 2.05) is 31.2 Å². The maximum Gasteiger partial charge on any atom is 0.295 e. The van der Waals surface area contributed by atoms with E-state index < -0.39 is 17.7 Å². The lowest BCUT2D eigenvalue weighted by molar-refractivity contribution is -0.140. The van der Waals surface area contributed by atoms with Crippen LogP contribution in [0.2, 0.25) is 0 Å². The SMILES string of the molecule is COCCCN1C(=O)C(=O)/C(=C(/O)c2ccc(OCC(C)C)c(C)c2)[C@H]1c1ccc(C(C)(C)C)cc1. The first-order chi connectivity index (χ1) is 17.0. The Hall–Kier alpha value is -3.12. The van der Waals surface area contributed by atoms with E-state index in [4.69, 9.17) is 9.47 Å². The highest BCUT2D eigenvalue weighted by atomic mass is 16.5. The number of methoxy groups -OCH3 is 1. The zero-order chi connectivity index (χ0) is 26.6. The predicted octanol–water partition coefficient (Wildman–Crippen LogP) is 5.79. The molecule has 0 saturated carbocycles. The number of nitrogens with zero attached hydrogens (tertiary/aromatic N) is 1. The van der Waals surface area contributed by atoms with E-state index in [0.29, 0.717) is 37.7 Å². The summed E-state index contributed by atoms with van der Waals surface area (Å²) in [5.74, 6) is -0.337. The Morgan fingerprint density at radius 2 is 1.75 bits per heavy atom. The quantitative estimate of drug-likeness (QED) is 0.207. The van der Waals surface area contributed by atoms with Gasteiger partial charge in [0.1, 0.15) is 11.5 Å². The average molecular weight is 494 g/mol. The number of aryl methyl sites for hydroxylation is 1. The van der Waals surface area contributed by atoms with Crippen molar-refractivity contribution in [2.45, 2.75) is 59.4 Å². The molecule has 3 rings (SSSR count). The van der Waals surface area contributed by atoms with E-state index in [0.717, 1.165) is 22.4 Å². The zero-order valence-electron chi connectivity index (χ0n) is 22.6. The number of likely N-dealkylation sites (tertiary alicyclic amines) is 1. The Bertz CT molecular complexity index is 1130. The summed E-state index contributed by atoms with van der Waals surface area (Å²) in [6.45, 7) is 13.9. The number of hydrogen-bond acceptors (Lipinski definition) is 5. The number of Topliss-reactive ketones (excluding diaryl/α,β-unsaturated/α-hetero) is 1. The molecule has 6 heteroatoms. The predicted molar refractivity (Wildman–Crippen MR) is 142 cm³/mol. The number of ketones is 1. The summed E-state index contributed by atoms with van der Waals surface area (Å²) < 4.78 is 11.0. The molecule has 194 valence electrons. The molecule has 0 aliphatic carbocycles. The van der Waals surface area contributed by atoms with Gasteiger partial charge in [-0.2, -0.15) is 0 Å². The molecule has 0 bridgehead atoms. The molecule has 1 aliphatic rings. The van der Waals surface area contributed by atoms with E-state index >= 15 is 0 Å². The smallest absolute Gasteiger partial charge is 0.295 e. The Morgan fingerprint density at radius 1 is 1.08 bits per heavy atom. The number of amides is 1. The third kappa shape index (κ3) is 5.98. The van der Waals surface area contributed by atoms with Gasteiger partial charge in [-0.15, -0.1) is 0 Å². The van der Waals surface area contributed by atoms with Crippen molar-refractivity contribution in [3.63, 3.8) is 0 Å². The molecule has 1 aliphatic heterocycles. The number of ether oxygens (including phenoxy) is 2. The number of aliphatic hydroxyl groups is 1. The number of benzene rings is 2. The van der Waals surface area contributed by atoms with Crippen molar-refractivity contribution in [3.05, 3.63) is 70.3 Å². The molecule has 0 unspecified atom stereocenters. The van der Waals surface area contributed by atoms with Gasteiger partial charge in [0.25, 0.3) is 11.7 Å². The average Bonchev–Trinajstić information content (AvgIpc) is 3.07. The fourth-order valence-corrected chi connectivity index (χ4v) is 4.37. The van der Waals surface area contributed by atoms with Crippen molar-refractivity contribution in [2.75, 3.05) is 26.9 Å². The van der Waals surface area contributed by atoms with Gasteiger partial charge in [-0.05, 0) is 59.6 Å². The fraction of sp³-hybridized carbons (Fsp3) is 0.467. The first kappa shape index (κ1) is 27.5. The Morgan fingerprint density at radius 3 is 2.31 bits per heavy atom. The van der Waals surface area contributed by atoms with Crippen LogP contribution in [0.4, 0.5) is 0 Å². The van der Waals surface area contributed by atoms with Crippen LogP contribution in [0, 0.1) is 12.8 Å². The lowest BCUT2D eigenvalue weighted by Crippen LogP contribution is -2.31. The van der Waals surface area contributed by atoms with Gasteiger partial charge < -0.3 is 19.5 Å². The van der Waals surface area contributed by atoms with E-state index in [1.165, 1.54) is 0 Å². The second-order valence-electron chi connectivity index (χ2n) is 10.9. The summed E-state index contributed by atoms with van der Waals surface area (Å²) in [5.41, 5.74) is 3.34. The Kier molecular flexibility index (Phi) is 8.62. The summed E-state index contributed by atoms with van der Waals surface area (Å²) in [5, 5.41) is 11.4. The fourth-order valence-electron chi connectivity index (χ4n) is 4.37. The van der Waals surface area contributed by atoms with Crippen molar-refractivity contribution in [1.29, 1.82) is 0 Å². The summed E-state index contributed by atoms with van der Waals surface area (Å²) >= 11 is 0. The number of carbonyl (C=O) groups excluding carboxylic acids is 2. The first-order valence-electron chi connectivity index (χ1n) is 12.6. The molecule has 6 nitrogen and oxygen atoms in total. The van der Waals surface area contributed by atoms with E-state index in [2.05, 4.69) is 34.6 Å². The molecule has 1 N–H and O–H groups in total.